The molecule has 0 radical (unpaired) electrons. The molecule has 1 amide bonds. The zero-order valence-electron chi connectivity index (χ0n) is 16.0. The molecule has 0 aromatic heterocycles. The van der Waals surface area contributed by atoms with Gasteiger partial charge >= 0.3 is 0 Å². The smallest absolute Gasteiger partial charge is 0.246 e. The van der Waals surface area contributed by atoms with Gasteiger partial charge < -0.3 is 5.32 Å². The lowest BCUT2D eigenvalue weighted by molar-refractivity contribution is -0.118. The molecule has 0 heterocycles. The summed E-state index contributed by atoms with van der Waals surface area (Å²) < 4.78 is 22.8. The van der Waals surface area contributed by atoms with Gasteiger partial charge in [-0.3, -0.25) is 10.1 Å². The van der Waals surface area contributed by atoms with Crippen molar-refractivity contribution in [1.29, 1.82) is 0 Å². The highest BCUT2D eigenvalue weighted by atomic mass is 32.2. The summed E-state index contributed by atoms with van der Waals surface area (Å²) in [5.41, 5.74) is 3.50. The Hall–Kier alpha value is -3.00. The minimum atomic E-state index is -3.73. The number of carbonyl (C=O) groups is 1. The Kier molecular flexibility index (Phi) is 6.43. The first-order chi connectivity index (χ1) is 13.8. The maximum atomic E-state index is 12.9. The zero-order valence-corrected chi connectivity index (χ0v) is 16.8. The van der Waals surface area contributed by atoms with Crippen molar-refractivity contribution in [2.45, 2.75) is 24.4 Å². The number of nitrogens with two attached hydrogens (primary N) is 1. The van der Waals surface area contributed by atoms with Gasteiger partial charge in [0.15, 0.2) is 0 Å². The summed E-state index contributed by atoms with van der Waals surface area (Å²) in [4.78, 5) is 13.0. The molecule has 3 aromatic rings. The first-order valence-corrected chi connectivity index (χ1v) is 10.7. The van der Waals surface area contributed by atoms with E-state index in [9.17, 15) is 13.2 Å². The average molecular weight is 410 g/mol. The van der Waals surface area contributed by atoms with Gasteiger partial charge in [-0.25, -0.2) is 13.6 Å². The van der Waals surface area contributed by atoms with Crippen LogP contribution in [-0.2, 0) is 21.4 Å². The van der Waals surface area contributed by atoms with Crippen molar-refractivity contribution in [2.75, 3.05) is 5.32 Å². The Morgan fingerprint density at radius 3 is 2.14 bits per heavy atom. The summed E-state index contributed by atoms with van der Waals surface area (Å²) >= 11 is 0. The third-order valence-corrected chi connectivity index (χ3v) is 5.41. The van der Waals surface area contributed by atoms with E-state index in [4.69, 9.17) is 5.14 Å². The topological polar surface area (TPSA) is 101 Å². The molecule has 29 heavy (non-hydrogen) atoms. The van der Waals surface area contributed by atoms with E-state index in [0.717, 1.165) is 22.4 Å². The third kappa shape index (κ3) is 5.74. The number of nitrogens with one attached hydrogen (secondary N) is 2. The van der Waals surface area contributed by atoms with Gasteiger partial charge in [-0.15, -0.1) is 0 Å². The standard InChI is InChI=1S/C22H23N3O3S/c1-16-7-11-19(12-8-16)25-22(26)21(18-5-3-2-4-6-18)24-15-17-9-13-20(14-10-17)29(23,27)28/h2-14,21,24H,15H2,1H3,(H,25,26)(H2,23,27,28). The van der Waals surface area contributed by atoms with Crippen LogP contribution in [-0.4, -0.2) is 14.3 Å². The highest BCUT2D eigenvalue weighted by Crippen LogP contribution is 2.18. The van der Waals surface area contributed by atoms with Gasteiger partial charge in [-0.1, -0.05) is 60.2 Å². The number of hydrogen-bond donors (Lipinski definition) is 3. The molecule has 0 fully saturated rings. The van der Waals surface area contributed by atoms with Crippen molar-refractivity contribution >= 4 is 21.6 Å². The van der Waals surface area contributed by atoms with Crippen molar-refractivity contribution in [3.8, 4) is 0 Å². The fourth-order valence-electron chi connectivity index (χ4n) is 2.88. The van der Waals surface area contributed by atoms with E-state index in [1.54, 1.807) is 12.1 Å². The van der Waals surface area contributed by atoms with Gasteiger partial charge in [0, 0.05) is 12.2 Å². The summed E-state index contributed by atoms with van der Waals surface area (Å²) in [7, 11) is -3.73. The van der Waals surface area contributed by atoms with E-state index < -0.39 is 16.1 Å². The van der Waals surface area contributed by atoms with Crippen LogP contribution in [0.25, 0.3) is 0 Å². The van der Waals surface area contributed by atoms with Gasteiger partial charge in [-0.2, -0.15) is 0 Å². The fourth-order valence-corrected chi connectivity index (χ4v) is 3.39. The van der Waals surface area contributed by atoms with Gasteiger partial charge in [0.2, 0.25) is 15.9 Å². The molecule has 3 aromatic carbocycles. The minimum Gasteiger partial charge on any atom is -0.324 e. The summed E-state index contributed by atoms with van der Waals surface area (Å²) in [5.74, 6) is -0.179. The Bertz CT molecular complexity index is 1060. The number of carbonyl (C=O) groups excluding carboxylic acids is 1. The number of aryl methyl sites for hydroxylation is 1. The molecule has 0 bridgehead atoms. The van der Waals surface area contributed by atoms with Crippen LogP contribution in [0.3, 0.4) is 0 Å². The highest BCUT2D eigenvalue weighted by molar-refractivity contribution is 7.89. The molecule has 7 heteroatoms. The molecule has 0 spiro atoms. The van der Waals surface area contributed by atoms with Crippen molar-refractivity contribution in [3.63, 3.8) is 0 Å². The van der Waals surface area contributed by atoms with Crippen molar-refractivity contribution < 1.29 is 13.2 Å². The van der Waals surface area contributed by atoms with Gasteiger partial charge in [-0.05, 0) is 42.3 Å². The van der Waals surface area contributed by atoms with Crippen LogP contribution in [0.2, 0.25) is 0 Å². The van der Waals surface area contributed by atoms with E-state index in [1.807, 2.05) is 61.5 Å². The lowest BCUT2D eigenvalue weighted by Crippen LogP contribution is -2.32. The second-order valence-corrected chi connectivity index (χ2v) is 8.33. The molecular formula is C22H23N3O3S. The molecule has 150 valence electrons. The number of primary sulfonamides is 1. The Morgan fingerprint density at radius 2 is 1.55 bits per heavy atom. The van der Waals surface area contributed by atoms with Crippen LogP contribution in [0.1, 0.15) is 22.7 Å². The summed E-state index contributed by atoms with van der Waals surface area (Å²) in [6.07, 6.45) is 0. The fraction of sp³-hybridized carbons (Fsp3) is 0.136. The Morgan fingerprint density at radius 1 is 0.931 bits per heavy atom. The number of anilines is 1. The van der Waals surface area contributed by atoms with Gasteiger partial charge in [0.05, 0.1) is 4.90 Å². The van der Waals surface area contributed by atoms with Crippen molar-refractivity contribution in [3.05, 3.63) is 95.6 Å². The molecule has 6 nitrogen and oxygen atoms in total. The molecule has 0 saturated heterocycles. The summed E-state index contributed by atoms with van der Waals surface area (Å²) in [6.45, 7) is 2.37. The lowest BCUT2D eigenvalue weighted by atomic mass is 10.1. The van der Waals surface area contributed by atoms with Crippen LogP contribution in [0.15, 0.2) is 83.8 Å². The summed E-state index contributed by atoms with van der Waals surface area (Å²) in [5, 5.41) is 11.3. The maximum absolute atomic E-state index is 12.9. The molecule has 0 saturated carbocycles. The molecule has 1 unspecified atom stereocenters. The maximum Gasteiger partial charge on any atom is 0.246 e. The van der Waals surface area contributed by atoms with Gasteiger partial charge in [0.25, 0.3) is 0 Å². The van der Waals surface area contributed by atoms with E-state index in [0.29, 0.717) is 6.54 Å². The number of sulfonamides is 1. The number of rotatable bonds is 7. The first-order valence-electron chi connectivity index (χ1n) is 9.10. The molecule has 3 rings (SSSR count). The molecule has 0 aliphatic rings. The van der Waals surface area contributed by atoms with Crippen molar-refractivity contribution in [1.82, 2.24) is 5.32 Å². The number of amides is 1. The molecule has 0 aliphatic carbocycles. The molecule has 4 N–H and O–H groups in total. The normalized spacial score (nSPS) is 12.3. The van der Waals surface area contributed by atoms with Crippen LogP contribution >= 0.6 is 0 Å². The van der Waals surface area contributed by atoms with Crippen LogP contribution in [0.4, 0.5) is 5.69 Å². The van der Waals surface area contributed by atoms with E-state index in [-0.39, 0.29) is 10.8 Å². The lowest BCUT2D eigenvalue weighted by Gasteiger charge is -2.19. The number of hydrogen-bond acceptors (Lipinski definition) is 4. The first kappa shape index (κ1) is 20.7. The predicted molar refractivity (Wildman–Crippen MR) is 114 cm³/mol. The minimum absolute atomic E-state index is 0.0537. The van der Waals surface area contributed by atoms with Crippen LogP contribution < -0.4 is 15.8 Å². The molecule has 0 aliphatic heterocycles. The monoisotopic (exact) mass is 409 g/mol. The van der Waals surface area contributed by atoms with Gasteiger partial charge in [0.1, 0.15) is 6.04 Å². The SMILES string of the molecule is Cc1ccc(NC(=O)C(NCc2ccc(S(N)(=O)=O)cc2)c2ccccc2)cc1. The quantitative estimate of drug-likeness (QED) is 0.558. The second-order valence-electron chi connectivity index (χ2n) is 6.77. The average Bonchev–Trinajstić information content (AvgIpc) is 2.70. The Labute approximate surface area is 170 Å². The highest BCUT2D eigenvalue weighted by Gasteiger charge is 2.20. The summed E-state index contributed by atoms with van der Waals surface area (Å²) in [6, 6.07) is 22.7. The van der Waals surface area contributed by atoms with Crippen LogP contribution in [0.5, 0.6) is 0 Å². The molecule has 1 atom stereocenters. The zero-order chi connectivity index (χ0) is 20.9. The van der Waals surface area contributed by atoms with Crippen molar-refractivity contribution in [2.24, 2.45) is 5.14 Å². The van der Waals surface area contributed by atoms with E-state index in [1.165, 1.54) is 12.1 Å². The largest absolute Gasteiger partial charge is 0.324 e. The molecular weight excluding hydrogens is 386 g/mol. The van der Waals surface area contributed by atoms with Crippen LogP contribution in [0, 0.1) is 6.92 Å². The third-order valence-electron chi connectivity index (χ3n) is 4.48. The Balaban J connectivity index is 1.75. The second kappa shape index (κ2) is 9.00. The van der Waals surface area contributed by atoms with E-state index in [2.05, 4.69) is 10.6 Å². The van der Waals surface area contributed by atoms with E-state index >= 15 is 0 Å². The number of benzene rings is 3. The predicted octanol–water partition coefficient (Wildman–Crippen LogP) is 3.11.